The molecule has 1 unspecified atom stereocenters. The van der Waals surface area contributed by atoms with E-state index in [0.29, 0.717) is 12.2 Å². The zero-order valence-corrected chi connectivity index (χ0v) is 9.56. The van der Waals surface area contributed by atoms with Gasteiger partial charge in [0.25, 0.3) is 0 Å². The fraction of sp³-hybridized carbons (Fsp3) is 0.417. The molecule has 0 heterocycles. The van der Waals surface area contributed by atoms with Crippen LogP contribution in [0.25, 0.3) is 0 Å². The van der Waals surface area contributed by atoms with Crippen LogP contribution in [0.3, 0.4) is 0 Å². The molecule has 2 N–H and O–H groups in total. The number of ether oxygens (including phenoxy) is 1. The first-order chi connectivity index (χ1) is 7.61. The number of nitrogens with one attached hydrogen (secondary N) is 1. The first-order valence-corrected chi connectivity index (χ1v) is 5.30. The zero-order chi connectivity index (χ0) is 12.0. The lowest BCUT2D eigenvalue weighted by Gasteiger charge is -2.10. The summed E-state index contributed by atoms with van der Waals surface area (Å²) in [5.41, 5.74) is 0.732. The van der Waals surface area contributed by atoms with Crippen molar-refractivity contribution in [2.75, 3.05) is 11.9 Å². The lowest BCUT2D eigenvalue weighted by molar-refractivity contribution is -0.114. The number of carbonyl (C=O) groups excluding carboxylic acids is 1. The number of aliphatic hydroxyl groups excluding tert-OH is 1. The van der Waals surface area contributed by atoms with Crippen molar-refractivity contribution in [3.8, 4) is 5.75 Å². The highest BCUT2D eigenvalue weighted by Crippen LogP contribution is 2.15. The highest BCUT2D eigenvalue weighted by molar-refractivity contribution is 5.88. The molecule has 1 rings (SSSR count). The van der Waals surface area contributed by atoms with Crippen molar-refractivity contribution in [1.82, 2.24) is 0 Å². The van der Waals surface area contributed by atoms with E-state index in [1.54, 1.807) is 24.3 Å². The highest BCUT2D eigenvalue weighted by Gasteiger charge is 2.02. The van der Waals surface area contributed by atoms with Crippen LogP contribution in [0.4, 0.5) is 5.69 Å². The number of anilines is 1. The summed E-state index contributed by atoms with van der Waals surface area (Å²) in [6, 6.07) is 7.03. The molecule has 88 valence electrons. The Hall–Kier alpha value is -1.55. The molecule has 16 heavy (non-hydrogen) atoms. The quantitative estimate of drug-likeness (QED) is 0.800. The Kier molecular flexibility index (Phi) is 4.79. The molecule has 0 radical (unpaired) electrons. The summed E-state index contributed by atoms with van der Waals surface area (Å²) in [6.07, 6.45) is 0.235. The van der Waals surface area contributed by atoms with Gasteiger partial charge in [0, 0.05) is 12.6 Å². The zero-order valence-electron chi connectivity index (χ0n) is 9.56. The SMILES string of the molecule is CCC(O)COc1ccc(NC(C)=O)cc1. The molecule has 0 aliphatic heterocycles. The van der Waals surface area contributed by atoms with Gasteiger partial charge in [0.05, 0.1) is 6.10 Å². The fourth-order valence-corrected chi connectivity index (χ4v) is 1.15. The molecule has 0 bridgehead atoms. The van der Waals surface area contributed by atoms with E-state index in [2.05, 4.69) is 5.32 Å². The number of aliphatic hydroxyl groups is 1. The number of hydrogen-bond donors (Lipinski definition) is 2. The van der Waals surface area contributed by atoms with E-state index >= 15 is 0 Å². The van der Waals surface area contributed by atoms with Gasteiger partial charge >= 0.3 is 0 Å². The van der Waals surface area contributed by atoms with Gasteiger partial charge in [0.1, 0.15) is 12.4 Å². The van der Waals surface area contributed by atoms with Crippen molar-refractivity contribution < 1.29 is 14.6 Å². The van der Waals surface area contributed by atoms with Gasteiger partial charge in [-0.3, -0.25) is 4.79 Å². The van der Waals surface area contributed by atoms with Gasteiger partial charge in [-0.25, -0.2) is 0 Å². The van der Waals surface area contributed by atoms with E-state index in [1.807, 2.05) is 6.92 Å². The Balaban J connectivity index is 2.48. The summed E-state index contributed by atoms with van der Waals surface area (Å²) in [5, 5.41) is 12.0. The molecule has 0 aliphatic rings. The third-order valence-corrected chi connectivity index (χ3v) is 2.09. The Labute approximate surface area is 95.2 Å². The molecule has 1 atom stereocenters. The van der Waals surface area contributed by atoms with E-state index < -0.39 is 6.10 Å². The summed E-state index contributed by atoms with van der Waals surface area (Å²) >= 11 is 0. The number of rotatable bonds is 5. The van der Waals surface area contributed by atoms with Gasteiger partial charge in [0.15, 0.2) is 0 Å². The van der Waals surface area contributed by atoms with Crippen LogP contribution in [-0.4, -0.2) is 23.7 Å². The maximum atomic E-state index is 10.8. The van der Waals surface area contributed by atoms with Crippen molar-refractivity contribution in [1.29, 1.82) is 0 Å². The van der Waals surface area contributed by atoms with E-state index in [-0.39, 0.29) is 12.5 Å². The molecule has 1 aromatic carbocycles. The van der Waals surface area contributed by atoms with Crippen LogP contribution in [0.1, 0.15) is 20.3 Å². The number of carbonyl (C=O) groups is 1. The van der Waals surface area contributed by atoms with Crippen LogP contribution >= 0.6 is 0 Å². The second-order valence-electron chi connectivity index (χ2n) is 3.58. The van der Waals surface area contributed by atoms with Gasteiger partial charge in [-0.15, -0.1) is 0 Å². The average Bonchev–Trinajstić information content (AvgIpc) is 2.27. The Morgan fingerprint density at radius 2 is 2.06 bits per heavy atom. The smallest absolute Gasteiger partial charge is 0.221 e. The van der Waals surface area contributed by atoms with Crippen molar-refractivity contribution in [2.45, 2.75) is 26.4 Å². The monoisotopic (exact) mass is 223 g/mol. The van der Waals surface area contributed by atoms with Crippen LogP contribution in [0.15, 0.2) is 24.3 Å². The first kappa shape index (κ1) is 12.5. The minimum absolute atomic E-state index is 0.102. The normalized spacial score (nSPS) is 11.9. The van der Waals surface area contributed by atoms with Gasteiger partial charge in [-0.2, -0.15) is 0 Å². The van der Waals surface area contributed by atoms with Gasteiger partial charge in [-0.05, 0) is 30.7 Å². The van der Waals surface area contributed by atoms with Crippen molar-refractivity contribution in [3.05, 3.63) is 24.3 Å². The van der Waals surface area contributed by atoms with Crippen molar-refractivity contribution in [3.63, 3.8) is 0 Å². The molecule has 1 aromatic rings. The Morgan fingerprint density at radius 3 is 2.56 bits per heavy atom. The number of benzene rings is 1. The van der Waals surface area contributed by atoms with Gasteiger partial charge in [-0.1, -0.05) is 6.92 Å². The van der Waals surface area contributed by atoms with Crippen LogP contribution in [-0.2, 0) is 4.79 Å². The fourth-order valence-electron chi connectivity index (χ4n) is 1.15. The largest absolute Gasteiger partial charge is 0.491 e. The van der Waals surface area contributed by atoms with Gasteiger partial charge in [0.2, 0.25) is 5.91 Å². The molecule has 4 nitrogen and oxygen atoms in total. The third kappa shape index (κ3) is 4.31. The minimum Gasteiger partial charge on any atom is -0.491 e. The summed E-state index contributed by atoms with van der Waals surface area (Å²) in [7, 11) is 0. The molecule has 1 amide bonds. The second kappa shape index (κ2) is 6.12. The second-order valence-corrected chi connectivity index (χ2v) is 3.58. The van der Waals surface area contributed by atoms with Gasteiger partial charge < -0.3 is 15.2 Å². The molecule has 0 saturated carbocycles. The lowest BCUT2D eigenvalue weighted by Crippen LogP contribution is -2.15. The predicted molar refractivity (Wildman–Crippen MR) is 62.5 cm³/mol. The Bertz CT molecular complexity index is 335. The highest BCUT2D eigenvalue weighted by atomic mass is 16.5. The molecule has 0 spiro atoms. The van der Waals surface area contributed by atoms with E-state index in [9.17, 15) is 9.90 Å². The van der Waals surface area contributed by atoms with Crippen LogP contribution in [0.2, 0.25) is 0 Å². The summed E-state index contributed by atoms with van der Waals surface area (Å²) in [4.78, 5) is 10.8. The summed E-state index contributed by atoms with van der Waals surface area (Å²) < 4.78 is 5.36. The lowest BCUT2D eigenvalue weighted by atomic mass is 10.3. The summed E-state index contributed by atoms with van der Waals surface area (Å²) in [6.45, 7) is 3.64. The molecule has 0 fully saturated rings. The van der Waals surface area contributed by atoms with Crippen LogP contribution < -0.4 is 10.1 Å². The maximum absolute atomic E-state index is 10.8. The van der Waals surface area contributed by atoms with E-state index in [4.69, 9.17) is 4.74 Å². The molecular formula is C12H17NO3. The Morgan fingerprint density at radius 1 is 1.44 bits per heavy atom. The maximum Gasteiger partial charge on any atom is 0.221 e. The average molecular weight is 223 g/mol. The molecule has 0 aromatic heterocycles. The minimum atomic E-state index is -0.435. The molecule has 0 saturated heterocycles. The van der Waals surface area contributed by atoms with E-state index in [1.165, 1.54) is 6.92 Å². The standard InChI is InChI=1S/C12H17NO3/c1-3-11(15)8-16-12-6-4-10(5-7-12)13-9(2)14/h4-7,11,15H,3,8H2,1-2H3,(H,13,14). The number of amides is 1. The topological polar surface area (TPSA) is 58.6 Å². The molecule has 4 heteroatoms. The van der Waals surface area contributed by atoms with Crippen LogP contribution in [0.5, 0.6) is 5.75 Å². The van der Waals surface area contributed by atoms with Crippen molar-refractivity contribution in [2.24, 2.45) is 0 Å². The molecule has 0 aliphatic carbocycles. The number of hydrogen-bond acceptors (Lipinski definition) is 3. The van der Waals surface area contributed by atoms with E-state index in [0.717, 1.165) is 5.69 Å². The first-order valence-electron chi connectivity index (χ1n) is 5.30. The third-order valence-electron chi connectivity index (χ3n) is 2.09. The molecular weight excluding hydrogens is 206 g/mol. The predicted octanol–water partition coefficient (Wildman–Crippen LogP) is 1.79. The van der Waals surface area contributed by atoms with Crippen LogP contribution in [0, 0.1) is 0 Å². The van der Waals surface area contributed by atoms with Crippen molar-refractivity contribution >= 4 is 11.6 Å². The summed E-state index contributed by atoms with van der Waals surface area (Å²) in [5.74, 6) is 0.580.